The van der Waals surface area contributed by atoms with Gasteiger partial charge in [-0.1, -0.05) is 36.9 Å². The first-order valence-electron chi connectivity index (χ1n) is 4.80. The minimum absolute atomic E-state index is 0.248. The van der Waals surface area contributed by atoms with Crippen molar-refractivity contribution in [1.29, 1.82) is 0 Å². The van der Waals surface area contributed by atoms with E-state index in [0.717, 1.165) is 0 Å². The molecule has 0 aromatic heterocycles. The second-order valence-electron chi connectivity index (χ2n) is 3.62. The van der Waals surface area contributed by atoms with Crippen molar-refractivity contribution in [2.75, 3.05) is 0 Å². The zero-order valence-corrected chi connectivity index (χ0v) is 8.96. The van der Waals surface area contributed by atoms with Crippen molar-refractivity contribution in [2.24, 2.45) is 0 Å². The number of aliphatic hydroxyl groups is 1. The van der Waals surface area contributed by atoms with Gasteiger partial charge in [0.2, 0.25) is 0 Å². The monoisotopic (exact) mass is 236 g/mol. The third kappa shape index (κ3) is 2.70. The fourth-order valence-electron chi connectivity index (χ4n) is 1.33. The van der Waals surface area contributed by atoms with Crippen LogP contribution in [0.5, 0.6) is 0 Å². The molecule has 0 radical (unpaired) electrons. The Hall–Kier alpha value is -2.14. The summed E-state index contributed by atoms with van der Waals surface area (Å²) in [5.41, 5.74) is -2.00. The van der Waals surface area contributed by atoms with Crippen LogP contribution in [0.2, 0.25) is 0 Å². The van der Waals surface area contributed by atoms with E-state index in [9.17, 15) is 14.7 Å². The molecule has 1 rings (SSSR count). The average molecular weight is 236 g/mol. The molecule has 0 atom stereocenters. The Balaban J connectivity index is 2.94. The van der Waals surface area contributed by atoms with E-state index in [1.54, 1.807) is 30.3 Å². The lowest BCUT2D eigenvalue weighted by Crippen LogP contribution is -2.46. The minimum atomic E-state index is -2.84. The highest BCUT2D eigenvalue weighted by Gasteiger charge is 2.45. The number of carboxylic acids is 2. The van der Waals surface area contributed by atoms with Gasteiger partial charge in [-0.3, -0.25) is 0 Å². The van der Waals surface area contributed by atoms with Crippen LogP contribution in [0.4, 0.5) is 0 Å². The predicted molar refractivity (Wildman–Crippen MR) is 60.3 cm³/mol. The van der Waals surface area contributed by atoms with Crippen LogP contribution in [0.3, 0.4) is 0 Å². The first-order chi connectivity index (χ1) is 7.88. The van der Waals surface area contributed by atoms with Crippen LogP contribution in [-0.2, 0) is 9.59 Å². The van der Waals surface area contributed by atoms with Gasteiger partial charge in [-0.2, -0.15) is 0 Å². The van der Waals surface area contributed by atoms with Gasteiger partial charge >= 0.3 is 11.9 Å². The van der Waals surface area contributed by atoms with E-state index < -0.39 is 24.0 Å². The van der Waals surface area contributed by atoms with E-state index in [2.05, 4.69) is 6.58 Å². The Morgan fingerprint density at radius 2 is 1.59 bits per heavy atom. The van der Waals surface area contributed by atoms with Gasteiger partial charge in [0.25, 0.3) is 5.60 Å². The summed E-state index contributed by atoms with van der Waals surface area (Å²) >= 11 is 0. The number of carboxylic acid groups (broad SMARTS) is 2. The van der Waals surface area contributed by atoms with Crippen LogP contribution in [-0.4, -0.2) is 32.9 Å². The molecule has 0 saturated heterocycles. The Labute approximate surface area is 97.6 Å². The summed E-state index contributed by atoms with van der Waals surface area (Å²) in [5.74, 6) is -3.61. The van der Waals surface area contributed by atoms with Gasteiger partial charge in [-0.05, 0) is 11.1 Å². The lowest BCUT2D eigenvalue weighted by Gasteiger charge is -2.19. The smallest absolute Gasteiger partial charge is 0.347 e. The summed E-state index contributed by atoms with van der Waals surface area (Å²) in [4.78, 5) is 21.5. The lowest BCUT2D eigenvalue weighted by atomic mass is 9.91. The predicted octanol–water partition coefficient (Wildman–Crippen LogP) is 0.990. The van der Waals surface area contributed by atoms with E-state index in [4.69, 9.17) is 10.2 Å². The van der Waals surface area contributed by atoms with E-state index in [1.807, 2.05) is 0 Å². The molecule has 0 amide bonds. The molecule has 1 aromatic rings. The van der Waals surface area contributed by atoms with Gasteiger partial charge in [0.05, 0.1) is 0 Å². The maximum atomic E-state index is 10.8. The molecule has 5 nitrogen and oxygen atoms in total. The number of benzene rings is 1. The summed E-state index contributed by atoms with van der Waals surface area (Å²) in [6.45, 7) is 3.59. The maximum absolute atomic E-state index is 10.8. The van der Waals surface area contributed by atoms with Gasteiger partial charge in [0.1, 0.15) is 0 Å². The quantitative estimate of drug-likeness (QED) is 0.663. The maximum Gasteiger partial charge on any atom is 0.347 e. The highest BCUT2D eigenvalue weighted by Crippen LogP contribution is 2.24. The third-order valence-electron chi connectivity index (χ3n) is 2.36. The van der Waals surface area contributed by atoms with Crippen LogP contribution >= 0.6 is 0 Å². The molecule has 1 aromatic carbocycles. The number of carbonyl (C=O) groups is 2. The average Bonchev–Trinajstić information content (AvgIpc) is 2.29. The van der Waals surface area contributed by atoms with Gasteiger partial charge < -0.3 is 15.3 Å². The van der Waals surface area contributed by atoms with E-state index in [1.165, 1.54) is 0 Å². The first kappa shape index (κ1) is 12.9. The molecule has 17 heavy (non-hydrogen) atoms. The largest absolute Gasteiger partial charge is 0.479 e. The van der Waals surface area contributed by atoms with E-state index in [-0.39, 0.29) is 5.57 Å². The van der Waals surface area contributed by atoms with Crippen LogP contribution in [0.25, 0.3) is 5.57 Å². The molecule has 0 heterocycles. The van der Waals surface area contributed by atoms with Crippen molar-refractivity contribution >= 4 is 17.5 Å². The highest BCUT2D eigenvalue weighted by molar-refractivity contribution is 6.03. The van der Waals surface area contributed by atoms with Crippen LogP contribution in [0.15, 0.2) is 36.9 Å². The van der Waals surface area contributed by atoms with Gasteiger partial charge in [-0.25, -0.2) is 9.59 Å². The molecular formula is C12H12O5. The SMILES string of the molecule is C=C(CC(O)(C(=O)O)C(=O)O)c1ccccc1. The molecule has 0 saturated carbocycles. The summed E-state index contributed by atoms with van der Waals surface area (Å²) in [6, 6.07) is 8.50. The zero-order chi connectivity index (χ0) is 13.1. The number of hydrogen-bond donors (Lipinski definition) is 3. The van der Waals surface area contributed by atoms with Crippen molar-refractivity contribution in [1.82, 2.24) is 0 Å². The standard InChI is InChI=1S/C12H12O5/c1-8(9-5-3-2-4-6-9)7-12(17,10(13)14)11(15)16/h2-6,17H,1,7H2,(H,13,14)(H,15,16). The number of hydrogen-bond acceptors (Lipinski definition) is 3. The van der Waals surface area contributed by atoms with Crippen molar-refractivity contribution in [3.05, 3.63) is 42.5 Å². The fraction of sp³-hybridized carbons (Fsp3) is 0.167. The van der Waals surface area contributed by atoms with Crippen LogP contribution in [0.1, 0.15) is 12.0 Å². The number of rotatable bonds is 5. The minimum Gasteiger partial charge on any atom is -0.479 e. The van der Waals surface area contributed by atoms with Gasteiger partial charge in [0, 0.05) is 6.42 Å². The Bertz CT molecular complexity index is 435. The Morgan fingerprint density at radius 3 is 2.00 bits per heavy atom. The first-order valence-corrected chi connectivity index (χ1v) is 4.80. The van der Waals surface area contributed by atoms with Gasteiger partial charge in [-0.15, -0.1) is 0 Å². The molecule has 0 aliphatic carbocycles. The van der Waals surface area contributed by atoms with Gasteiger partial charge in [0.15, 0.2) is 0 Å². The normalized spacial score (nSPS) is 10.9. The number of aliphatic carboxylic acids is 2. The van der Waals surface area contributed by atoms with Crippen molar-refractivity contribution in [2.45, 2.75) is 12.0 Å². The molecular weight excluding hydrogens is 224 g/mol. The molecule has 0 fully saturated rings. The topological polar surface area (TPSA) is 94.8 Å². The van der Waals surface area contributed by atoms with E-state index >= 15 is 0 Å². The molecule has 5 heteroatoms. The lowest BCUT2D eigenvalue weighted by molar-refractivity contribution is -0.175. The highest BCUT2D eigenvalue weighted by atomic mass is 16.4. The van der Waals surface area contributed by atoms with Crippen molar-refractivity contribution in [3.63, 3.8) is 0 Å². The van der Waals surface area contributed by atoms with Crippen LogP contribution in [0, 0.1) is 0 Å². The molecule has 0 aliphatic rings. The third-order valence-corrected chi connectivity index (χ3v) is 2.36. The summed E-state index contributed by atoms with van der Waals surface area (Å²) in [5, 5.41) is 27.0. The fourth-order valence-corrected chi connectivity index (χ4v) is 1.33. The molecule has 0 aliphatic heterocycles. The molecule has 0 bridgehead atoms. The summed E-state index contributed by atoms with van der Waals surface area (Å²) in [6.07, 6.45) is -0.568. The van der Waals surface area contributed by atoms with Crippen molar-refractivity contribution < 1.29 is 24.9 Å². The molecule has 0 spiro atoms. The van der Waals surface area contributed by atoms with E-state index in [0.29, 0.717) is 5.56 Å². The second kappa shape index (κ2) is 4.80. The zero-order valence-electron chi connectivity index (χ0n) is 8.96. The van der Waals surface area contributed by atoms with Crippen molar-refractivity contribution in [3.8, 4) is 0 Å². The Morgan fingerprint density at radius 1 is 1.12 bits per heavy atom. The summed E-state index contributed by atoms with van der Waals surface area (Å²) in [7, 11) is 0. The summed E-state index contributed by atoms with van der Waals surface area (Å²) < 4.78 is 0. The van der Waals surface area contributed by atoms with Crippen LogP contribution < -0.4 is 0 Å². The molecule has 0 unspecified atom stereocenters. The Kier molecular flexibility index (Phi) is 3.65. The molecule has 90 valence electrons. The second-order valence-corrected chi connectivity index (χ2v) is 3.62. The molecule has 3 N–H and O–H groups in total.